The van der Waals surface area contributed by atoms with E-state index >= 15 is 0 Å². The quantitative estimate of drug-likeness (QED) is 0.214. The number of hydrogen-bond donors (Lipinski definition) is 1. The summed E-state index contributed by atoms with van der Waals surface area (Å²) in [7, 11) is 1.59. The minimum Gasteiger partial charge on any atom is -0.496 e. The van der Waals surface area contributed by atoms with Crippen LogP contribution < -0.4 is 10.1 Å². The summed E-state index contributed by atoms with van der Waals surface area (Å²) in [6, 6.07) is 11.1. The molecule has 1 amide bonds. The monoisotopic (exact) mass is 483 g/mol. The van der Waals surface area contributed by atoms with E-state index in [0.717, 1.165) is 24.0 Å². The Morgan fingerprint density at radius 1 is 0.829 bits per heavy atom. The van der Waals surface area contributed by atoms with Gasteiger partial charge in [0.05, 0.1) is 12.7 Å². The number of alkyl halides is 1. The van der Waals surface area contributed by atoms with Crippen molar-refractivity contribution in [2.24, 2.45) is 0 Å². The third-order valence-corrected chi connectivity index (χ3v) is 6.86. The van der Waals surface area contributed by atoms with Crippen molar-refractivity contribution >= 4 is 11.6 Å². The Kier molecular flexibility index (Phi) is 14.1. The van der Waals surface area contributed by atoms with Crippen LogP contribution in [0.3, 0.4) is 0 Å². The number of unbranched alkanes of at least 4 members (excludes halogenated alkanes) is 12. The number of ether oxygens (including phenoxy) is 1. The third kappa shape index (κ3) is 10.4. The Morgan fingerprint density at radius 2 is 1.43 bits per heavy atom. The molecule has 0 heterocycles. The average Bonchev–Trinajstić information content (AvgIpc) is 2.87. The standard InChI is InChI=1S/C31H46FNO2/c1-4-5-6-7-8-9-10-11-12-13-14-15-16-18-26-19-17-20-29(35-3)30(26)31(34)33-28-22-21-25(2)27(23-28)24-32/h17,19-23H,4-16,18,24H2,1-3H3,(H,33,34). The van der Waals surface area contributed by atoms with Gasteiger partial charge in [0.1, 0.15) is 12.4 Å². The van der Waals surface area contributed by atoms with Crippen LogP contribution in [-0.4, -0.2) is 13.0 Å². The van der Waals surface area contributed by atoms with Gasteiger partial charge >= 0.3 is 0 Å². The predicted octanol–water partition coefficient (Wildman–Crippen LogP) is 9.36. The highest BCUT2D eigenvalue weighted by Crippen LogP contribution is 2.26. The number of anilines is 1. The summed E-state index contributed by atoms with van der Waals surface area (Å²) in [5, 5.41) is 2.94. The first kappa shape index (κ1) is 28.9. The maximum absolute atomic E-state index is 13.2. The molecule has 0 aromatic heterocycles. The molecule has 0 bridgehead atoms. The van der Waals surface area contributed by atoms with Crippen molar-refractivity contribution < 1.29 is 13.9 Å². The zero-order chi connectivity index (χ0) is 25.3. The summed E-state index contributed by atoms with van der Waals surface area (Å²) < 4.78 is 18.7. The molecule has 2 rings (SSSR count). The molecule has 3 nitrogen and oxygen atoms in total. The van der Waals surface area contributed by atoms with Gasteiger partial charge in [0, 0.05) is 5.69 Å². The first-order valence-electron chi connectivity index (χ1n) is 13.7. The molecule has 0 radical (unpaired) electrons. The third-order valence-electron chi connectivity index (χ3n) is 6.86. The van der Waals surface area contributed by atoms with E-state index in [1.54, 1.807) is 13.2 Å². The molecule has 4 heteroatoms. The van der Waals surface area contributed by atoms with Crippen molar-refractivity contribution in [2.45, 2.75) is 110 Å². The summed E-state index contributed by atoms with van der Waals surface area (Å²) in [6.07, 6.45) is 18.0. The molecule has 0 saturated carbocycles. The molecule has 0 aliphatic rings. The van der Waals surface area contributed by atoms with Crippen LogP contribution in [0.15, 0.2) is 36.4 Å². The van der Waals surface area contributed by atoms with Crippen molar-refractivity contribution in [3.8, 4) is 5.75 Å². The first-order chi connectivity index (χ1) is 17.1. The highest BCUT2D eigenvalue weighted by molar-refractivity contribution is 6.07. The number of nitrogens with one attached hydrogen (secondary N) is 1. The molecule has 0 spiro atoms. The Hall–Kier alpha value is -2.36. The molecule has 2 aromatic carbocycles. The molecule has 0 atom stereocenters. The topological polar surface area (TPSA) is 38.3 Å². The number of methoxy groups -OCH3 is 1. The number of benzene rings is 2. The van der Waals surface area contributed by atoms with E-state index < -0.39 is 6.67 Å². The van der Waals surface area contributed by atoms with Gasteiger partial charge in [-0.15, -0.1) is 0 Å². The summed E-state index contributed by atoms with van der Waals surface area (Å²) in [5.74, 6) is 0.369. The van der Waals surface area contributed by atoms with E-state index in [0.29, 0.717) is 22.6 Å². The Morgan fingerprint density at radius 3 is 2.00 bits per heavy atom. The highest BCUT2D eigenvalue weighted by atomic mass is 19.1. The molecule has 35 heavy (non-hydrogen) atoms. The Balaban J connectivity index is 1.77. The maximum atomic E-state index is 13.2. The lowest BCUT2D eigenvalue weighted by Crippen LogP contribution is -2.16. The van der Waals surface area contributed by atoms with Crippen LogP contribution in [-0.2, 0) is 13.1 Å². The second kappa shape index (κ2) is 17.1. The minimum atomic E-state index is -0.547. The Labute approximate surface area is 212 Å². The fourth-order valence-corrected chi connectivity index (χ4v) is 4.63. The zero-order valence-corrected chi connectivity index (χ0v) is 22.3. The molecule has 2 aromatic rings. The summed E-state index contributed by atoms with van der Waals surface area (Å²) in [4.78, 5) is 13.1. The first-order valence-corrected chi connectivity index (χ1v) is 13.7. The second-order valence-electron chi connectivity index (χ2n) is 9.72. The van der Waals surface area contributed by atoms with Gasteiger partial charge in [-0.3, -0.25) is 4.79 Å². The molecule has 194 valence electrons. The number of hydrogen-bond acceptors (Lipinski definition) is 2. The van der Waals surface area contributed by atoms with E-state index in [1.165, 1.54) is 77.0 Å². The highest BCUT2D eigenvalue weighted by Gasteiger charge is 2.17. The lowest BCUT2D eigenvalue weighted by molar-refractivity contribution is 0.102. The number of halogens is 1. The fourth-order valence-electron chi connectivity index (χ4n) is 4.63. The van der Waals surface area contributed by atoms with Crippen LogP contribution in [0.25, 0.3) is 0 Å². The number of rotatable bonds is 18. The van der Waals surface area contributed by atoms with Crippen molar-refractivity contribution in [1.29, 1.82) is 0 Å². The van der Waals surface area contributed by atoms with Crippen LogP contribution in [0, 0.1) is 6.92 Å². The predicted molar refractivity (Wildman–Crippen MR) is 146 cm³/mol. The zero-order valence-electron chi connectivity index (χ0n) is 22.3. The van der Waals surface area contributed by atoms with Gasteiger partial charge in [-0.1, -0.05) is 102 Å². The van der Waals surface area contributed by atoms with Gasteiger partial charge in [0.15, 0.2) is 0 Å². The van der Waals surface area contributed by atoms with Crippen molar-refractivity contribution in [2.75, 3.05) is 12.4 Å². The summed E-state index contributed by atoms with van der Waals surface area (Å²) in [5.41, 5.74) is 3.66. The van der Waals surface area contributed by atoms with Gasteiger partial charge in [-0.25, -0.2) is 4.39 Å². The Bertz CT molecular complexity index is 880. The average molecular weight is 484 g/mol. The van der Waals surface area contributed by atoms with Crippen molar-refractivity contribution in [3.63, 3.8) is 0 Å². The van der Waals surface area contributed by atoms with Crippen molar-refractivity contribution in [3.05, 3.63) is 58.7 Å². The van der Waals surface area contributed by atoms with Gasteiger partial charge < -0.3 is 10.1 Å². The number of carbonyl (C=O) groups excluding carboxylic acids is 1. The van der Waals surface area contributed by atoms with Crippen LogP contribution in [0.2, 0.25) is 0 Å². The second-order valence-corrected chi connectivity index (χ2v) is 9.72. The van der Waals surface area contributed by atoms with E-state index in [9.17, 15) is 9.18 Å². The number of aryl methyl sites for hydroxylation is 2. The van der Waals surface area contributed by atoms with Gasteiger partial charge in [0.25, 0.3) is 5.91 Å². The molecule has 0 aliphatic carbocycles. The van der Waals surface area contributed by atoms with Crippen LogP contribution in [0.1, 0.15) is 117 Å². The van der Waals surface area contributed by atoms with Crippen LogP contribution in [0.4, 0.5) is 10.1 Å². The van der Waals surface area contributed by atoms with E-state index in [1.807, 2.05) is 37.3 Å². The smallest absolute Gasteiger partial charge is 0.259 e. The number of carbonyl (C=O) groups is 1. The molecule has 1 N–H and O–H groups in total. The maximum Gasteiger partial charge on any atom is 0.259 e. The SMILES string of the molecule is CCCCCCCCCCCCCCCc1cccc(OC)c1C(=O)Nc1ccc(C)c(CF)c1. The van der Waals surface area contributed by atoms with Gasteiger partial charge in [0.2, 0.25) is 0 Å². The molecular weight excluding hydrogens is 437 g/mol. The molecule has 0 aliphatic heterocycles. The molecule has 0 fully saturated rings. The lowest BCUT2D eigenvalue weighted by atomic mass is 9.98. The van der Waals surface area contributed by atoms with Gasteiger partial charge in [-0.05, 0) is 54.7 Å². The number of amides is 1. The largest absolute Gasteiger partial charge is 0.496 e. The van der Waals surface area contributed by atoms with Gasteiger partial charge in [-0.2, -0.15) is 0 Å². The lowest BCUT2D eigenvalue weighted by Gasteiger charge is -2.15. The summed E-state index contributed by atoms with van der Waals surface area (Å²) >= 11 is 0. The van der Waals surface area contributed by atoms with Crippen molar-refractivity contribution in [1.82, 2.24) is 0 Å². The van der Waals surface area contributed by atoms with E-state index in [-0.39, 0.29) is 5.91 Å². The van der Waals surface area contributed by atoms with Crippen LogP contribution in [0.5, 0.6) is 5.75 Å². The van der Waals surface area contributed by atoms with E-state index in [2.05, 4.69) is 12.2 Å². The summed E-state index contributed by atoms with van der Waals surface area (Å²) in [6.45, 7) is 3.59. The fraction of sp³-hybridized carbons (Fsp3) is 0.581. The molecule has 0 unspecified atom stereocenters. The minimum absolute atomic E-state index is 0.208. The molecular formula is C31H46FNO2. The van der Waals surface area contributed by atoms with Crippen LogP contribution >= 0.6 is 0 Å². The molecule has 0 saturated heterocycles. The normalized spacial score (nSPS) is 11.0. The van der Waals surface area contributed by atoms with E-state index in [4.69, 9.17) is 4.74 Å².